The van der Waals surface area contributed by atoms with Gasteiger partial charge in [-0.25, -0.2) is 0 Å². The van der Waals surface area contributed by atoms with Crippen LogP contribution in [0.2, 0.25) is 13.1 Å². The Kier molecular flexibility index (Phi) is 13.7. The van der Waals surface area contributed by atoms with Gasteiger partial charge in [-0.1, -0.05) is 37.6 Å². The fraction of sp³-hybridized carbons (Fsp3) is 0.722. The van der Waals surface area contributed by atoms with E-state index in [0.717, 1.165) is 5.57 Å². The van der Waals surface area contributed by atoms with Crippen molar-refractivity contribution in [3.8, 4) is 0 Å². The number of Topliss-reactive ketones (excluding diaryl/α,β-unsaturated/α-hetero) is 1. The average Bonchev–Trinajstić information content (AvgIpc) is 2.34. The third-order valence-corrected chi connectivity index (χ3v) is 3.81. The zero-order valence-electron chi connectivity index (χ0n) is 15.8. The minimum absolute atomic E-state index is 0.0679. The van der Waals surface area contributed by atoms with E-state index in [1.807, 2.05) is 32.9 Å². The maximum absolute atomic E-state index is 11.1. The molecule has 0 aromatic heterocycles. The first-order valence-corrected chi connectivity index (χ1v) is 10.9. The third-order valence-electron chi connectivity index (χ3n) is 2.63. The standard InChI is InChI=1S/C12H20O2.C6H16OSi/c1-4-12(14)9-11(3)6-5-10(2)7-8-13;1-6(2,3)7-8(4)5/h5-7,11,13H,4,8-9H2,1-3H3;8H,1-5H3/b6-5+,10-7+;. The first kappa shape index (κ1) is 23.6. The molecule has 1 unspecified atom stereocenters. The molecule has 0 aliphatic rings. The molecular weight excluding hydrogens is 292 g/mol. The van der Waals surface area contributed by atoms with Crippen molar-refractivity contribution >= 4 is 14.8 Å². The Balaban J connectivity index is 0. The van der Waals surface area contributed by atoms with Crippen molar-refractivity contribution in [1.82, 2.24) is 0 Å². The second kappa shape index (κ2) is 12.8. The monoisotopic (exact) mass is 328 g/mol. The summed E-state index contributed by atoms with van der Waals surface area (Å²) in [5.74, 6) is 0.579. The molecule has 0 bridgehead atoms. The second-order valence-electron chi connectivity index (χ2n) is 6.84. The molecule has 1 N–H and O–H groups in total. The van der Waals surface area contributed by atoms with Gasteiger partial charge < -0.3 is 9.53 Å². The summed E-state index contributed by atoms with van der Waals surface area (Å²) in [6.07, 6.45) is 6.92. The fourth-order valence-electron chi connectivity index (χ4n) is 1.81. The van der Waals surface area contributed by atoms with Gasteiger partial charge in [-0.05, 0) is 46.7 Å². The summed E-state index contributed by atoms with van der Waals surface area (Å²) in [7, 11) is -0.796. The zero-order chi connectivity index (χ0) is 17.8. The summed E-state index contributed by atoms with van der Waals surface area (Å²) in [5.41, 5.74) is 1.11. The number of aliphatic hydroxyl groups excluding tert-OH is 1. The van der Waals surface area contributed by atoms with E-state index in [1.54, 1.807) is 6.08 Å². The van der Waals surface area contributed by atoms with E-state index >= 15 is 0 Å². The molecule has 0 rings (SSSR count). The van der Waals surface area contributed by atoms with E-state index in [0.29, 0.717) is 18.6 Å². The van der Waals surface area contributed by atoms with E-state index in [1.165, 1.54) is 0 Å². The Bertz CT molecular complexity index is 352. The molecule has 0 fully saturated rings. The highest BCUT2D eigenvalue weighted by atomic mass is 28.3. The van der Waals surface area contributed by atoms with E-state index in [2.05, 4.69) is 33.9 Å². The lowest BCUT2D eigenvalue weighted by Gasteiger charge is -2.22. The van der Waals surface area contributed by atoms with Crippen molar-refractivity contribution in [1.29, 1.82) is 0 Å². The van der Waals surface area contributed by atoms with Crippen molar-refractivity contribution in [3.63, 3.8) is 0 Å². The van der Waals surface area contributed by atoms with Crippen LogP contribution in [0.1, 0.15) is 54.4 Å². The molecule has 0 radical (unpaired) electrons. The zero-order valence-corrected chi connectivity index (χ0v) is 16.9. The summed E-state index contributed by atoms with van der Waals surface area (Å²) in [4.78, 5) is 11.1. The van der Waals surface area contributed by atoms with Crippen LogP contribution in [-0.4, -0.2) is 32.1 Å². The van der Waals surface area contributed by atoms with Crippen LogP contribution in [0.3, 0.4) is 0 Å². The van der Waals surface area contributed by atoms with E-state index in [-0.39, 0.29) is 18.1 Å². The normalized spacial score (nSPS) is 14.0. The molecule has 3 nitrogen and oxygen atoms in total. The predicted octanol–water partition coefficient (Wildman–Crippen LogP) is 4.27. The van der Waals surface area contributed by atoms with Gasteiger partial charge in [0, 0.05) is 18.4 Å². The minimum atomic E-state index is -0.796. The number of carbonyl (C=O) groups is 1. The quantitative estimate of drug-likeness (QED) is 0.561. The molecule has 0 amide bonds. The van der Waals surface area contributed by atoms with Gasteiger partial charge in [0.25, 0.3) is 0 Å². The lowest BCUT2D eigenvalue weighted by atomic mass is 10.0. The van der Waals surface area contributed by atoms with Gasteiger partial charge in [0.15, 0.2) is 9.04 Å². The largest absolute Gasteiger partial charge is 0.416 e. The molecule has 0 saturated heterocycles. The van der Waals surface area contributed by atoms with Crippen LogP contribution >= 0.6 is 0 Å². The molecule has 0 aromatic carbocycles. The second-order valence-corrected chi connectivity index (χ2v) is 9.18. The molecule has 1 atom stereocenters. The summed E-state index contributed by atoms with van der Waals surface area (Å²) in [6, 6.07) is 0. The minimum Gasteiger partial charge on any atom is -0.416 e. The fourth-order valence-corrected chi connectivity index (χ4v) is 3.22. The van der Waals surface area contributed by atoms with Gasteiger partial charge in [0.05, 0.1) is 6.61 Å². The Morgan fingerprint density at radius 3 is 2.18 bits per heavy atom. The third kappa shape index (κ3) is 19.3. The van der Waals surface area contributed by atoms with Gasteiger partial charge in [0.1, 0.15) is 5.78 Å². The van der Waals surface area contributed by atoms with Crippen LogP contribution in [0.15, 0.2) is 23.8 Å². The maximum atomic E-state index is 11.1. The highest BCUT2D eigenvalue weighted by Crippen LogP contribution is 2.08. The molecule has 0 aliphatic heterocycles. The van der Waals surface area contributed by atoms with Crippen molar-refractivity contribution in [2.45, 2.75) is 73.1 Å². The number of rotatable bonds is 7. The number of aliphatic hydroxyl groups is 1. The lowest BCUT2D eigenvalue weighted by molar-refractivity contribution is -0.119. The molecular formula is C18H36O3Si. The number of allylic oxidation sites excluding steroid dienone is 3. The molecule has 0 spiro atoms. The predicted molar refractivity (Wildman–Crippen MR) is 98.8 cm³/mol. The Morgan fingerprint density at radius 2 is 1.86 bits per heavy atom. The SMILES string of the molecule is CCC(=O)CC(C)/C=C/C(C)=C/CO.C[SiH](C)OC(C)(C)C. The van der Waals surface area contributed by atoms with Gasteiger partial charge >= 0.3 is 0 Å². The summed E-state index contributed by atoms with van der Waals surface area (Å²) >= 11 is 0. The van der Waals surface area contributed by atoms with Crippen LogP contribution < -0.4 is 0 Å². The van der Waals surface area contributed by atoms with E-state index in [9.17, 15) is 4.79 Å². The number of carbonyl (C=O) groups excluding carboxylic acids is 1. The van der Waals surface area contributed by atoms with Gasteiger partial charge in [-0.15, -0.1) is 0 Å². The summed E-state index contributed by atoms with van der Waals surface area (Å²) < 4.78 is 5.58. The maximum Gasteiger partial charge on any atom is 0.171 e. The van der Waals surface area contributed by atoms with Gasteiger partial charge in [-0.3, -0.25) is 4.79 Å². The van der Waals surface area contributed by atoms with E-state index < -0.39 is 9.04 Å². The molecule has 130 valence electrons. The first-order chi connectivity index (χ1) is 10.0. The first-order valence-electron chi connectivity index (χ1n) is 8.17. The van der Waals surface area contributed by atoms with Crippen molar-refractivity contribution in [2.75, 3.05) is 6.61 Å². The van der Waals surface area contributed by atoms with Crippen molar-refractivity contribution in [2.24, 2.45) is 5.92 Å². The smallest absolute Gasteiger partial charge is 0.171 e. The van der Waals surface area contributed by atoms with Crippen LogP contribution in [0, 0.1) is 5.92 Å². The topological polar surface area (TPSA) is 46.5 Å². The van der Waals surface area contributed by atoms with Gasteiger partial charge in [-0.2, -0.15) is 0 Å². The lowest BCUT2D eigenvalue weighted by Crippen LogP contribution is -2.25. The Morgan fingerprint density at radius 1 is 1.32 bits per heavy atom. The highest BCUT2D eigenvalue weighted by Gasteiger charge is 2.11. The summed E-state index contributed by atoms with van der Waals surface area (Å²) in [5, 5.41) is 8.62. The Hall–Kier alpha value is -0.713. The number of ketones is 1. The summed E-state index contributed by atoms with van der Waals surface area (Å²) in [6.45, 7) is 16.6. The number of hydrogen-bond donors (Lipinski definition) is 1. The van der Waals surface area contributed by atoms with E-state index in [4.69, 9.17) is 9.53 Å². The molecule has 0 saturated carbocycles. The van der Waals surface area contributed by atoms with Gasteiger partial charge in [0.2, 0.25) is 0 Å². The van der Waals surface area contributed by atoms with Crippen LogP contribution in [-0.2, 0) is 9.22 Å². The molecule has 0 aromatic rings. The molecule has 4 heteroatoms. The van der Waals surface area contributed by atoms with Crippen molar-refractivity contribution in [3.05, 3.63) is 23.8 Å². The van der Waals surface area contributed by atoms with Crippen LogP contribution in [0.5, 0.6) is 0 Å². The average molecular weight is 329 g/mol. The number of hydrogen-bond acceptors (Lipinski definition) is 3. The molecule has 22 heavy (non-hydrogen) atoms. The highest BCUT2D eigenvalue weighted by molar-refractivity contribution is 6.48. The van der Waals surface area contributed by atoms with Crippen molar-refractivity contribution < 1.29 is 14.3 Å². The molecule has 0 aliphatic carbocycles. The Labute approximate surface area is 139 Å². The van der Waals surface area contributed by atoms with Crippen LogP contribution in [0.25, 0.3) is 0 Å². The molecule has 0 heterocycles. The van der Waals surface area contributed by atoms with Crippen LogP contribution in [0.4, 0.5) is 0 Å².